The van der Waals surface area contributed by atoms with Crippen molar-refractivity contribution in [2.24, 2.45) is 5.84 Å². The molecule has 14 heavy (non-hydrogen) atoms. The molecule has 76 valence electrons. The first-order valence-electron chi connectivity index (χ1n) is 4.19. The van der Waals surface area contributed by atoms with Gasteiger partial charge in [-0.3, -0.25) is 10.2 Å². The SMILES string of the molecule is C[C@@H](Nc1cccc(O)c1)C(=O)NN. The number of anilines is 1. The first-order chi connectivity index (χ1) is 6.63. The van der Waals surface area contributed by atoms with E-state index in [9.17, 15) is 4.79 Å². The summed E-state index contributed by atoms with van der Waals surface area (Å²) in [5.74, 6) is 4.80. The quantitative estimate of drug-likeness (QED) is 0.315. The molecule has 1 aromatic rings. The molecule has 0 saturated heterocycles. The number of amides is 1. The van der Waals surface area contributed by atoms with E-state index >= 15 is 0 Å². The van der Waals surface area contributed by atoms with Crippen LogP contribution in [0.2, 0.25) is 0 Å². The Balaban J connectivity index is 2.64. The van der Waals surface area contributed by atoms with E-state index in [4.69, 9.17) is 10.9 Å². The second-order valence-electron chi connectivity index (χ2n) is 2.92. The number of benzene rings is 1. The highest BCUT2D eigenvalue weighted by Crippen LogP contribution is 2.15. The molecular weight excluding hydrogens is 182 g/mol. The van der Waals surface area contributed by atoms with Crippen LogP contribution in [0.1, 0.15) is 6.92 Å². The first kappa shape index (κ1) is 10.3. The van der Waals surface area contributed by atoms with Crippen LogP contribution >= 0.6 is 0 Å². The lowest BCUT2D eigenvalue weighted by Crippen LogP contribution is -2.41. The van der Waals surface area contributed by atoms with Crippen LogP contribution in [-0.2, 0) is 4.79 Å². The molecule has 1 amide bonds. The highest BCUT2D eigenvalue weighted by Gasteiger charge is 2.10. The third kappa shape index (κ3) is 2.63. The summed E-state index contributed by atoms with van der Waals surface area (Å²) in [4.78, 5) is 11.0. The molecule has 0 unspecified atom stereocenters. The van der Waals surface area contributed by atoms with Gasteiger partial charge in [0.25, 0.3) is 5.91 Å². The van der Waals surface area contributed by atoms with Crippen LogP contribution in [0.25, 0.3) is 0 Å². The number of phenolic OH excluding ortho intramolecular Hbond substituents is 1. The Morgan fingerprint density at radius 3 is 2.86 bits per heavy atom. The topological polar surface area (TPSA) is 87.4 Å². The van der Waals surface area contributed by atoms with Gasteiger partial charge in [-0.1, -0.05) is 6.07 Å². The van der Waals surface area contributed by atoms with Gasteiger partial charge in [0.2, 0.25) is 0 Å². The van der Waals surface area contributed by atoms with Gasteiger partial charge in [0.05, 0.1) is 0 Å². The van der Waals surface area contributed by atoms with E-state index in [2.05, 4.69) is 5.32 Å². The predicted octanol–water partition coefficient (Wildman–Crippen LogP) is 0.182. The van der Waals surface area contributed by atoms with Gasteiger partial charge in [0, 0.05) is 11.8 Å². The average Bonchev–Trinajstić information content (AvgIpc) is 2.16. The molecule has 5 N–H and O–H groups in total. The summed E-state index contributed by atoms with van der Waals surface area (Å²) < 4.78 is 0. The van der Waals surface area contributed by atoms with Gasteiger partial charge in [-0.25, -0.2) is 5.84 Å². The molecule has 0 radical (unpaired) electrons. The molecule has 0 aliphatic rings. The second kappa shape index (κ2) is 4.48. The van der Waals surface area contributed by atoms with Gasteiger partial charge in [0.1, 0.15) is 11.8 Å². The van der Waals surface area contributed by atoms with E-state index in [-0.39, 0.29) is 11.7 Å². The highest BCUT2D eigenvalue weighted by molar-refractivity contribution is 5.83. The number of hydrogen-bond acceptors (Lipinski definition) is 4. The lowest BCUT2D eigenvalue weighted by atomic mass is 10.2. The third-order valence-corrected chi connectivity index (χ3v) is 1.76. The van der Waals surface area contributed by atoms with Crippen LogP contribution in [0.5, 0.6) is 5.75 Å². The molecule has 0 saturated carbocycles. The molecule has 1 aromatic carbocycles. The fourth-order valence-electron chi connectivity index (χ4n) is 1.04. The van der Waals surface area contributed by atoms with E-state index in [1.165, 1.54) is 6.07 Å². The number of nitrogens with two attached hydrogens (primary N) is 1. The molecule has 0 bridgehead atoms. The van der Waals surface area contributed by atoms with Gasteiger partial charge in [-0.05, 0) is 19.1 Å². The standard InChI is InChI=1S/C9H13N3O2/c1-6(9(14)12-10)11-7-3-2-4-8(13)5-7/h2-6,11,13H,10H2,1H3,(H,12,14)/t6-/m1/s1. The average molecular weight is 195 g/mol. The summed E-state index contributed by atoms with van der Waals surface area (Å²) >= 11 is 0. The van der Waals surface area contributed by atoms with Gasteiger partial charge >= 0.3 is 0 Å². The van der Waals surface area contributed by atoms with Crippen LogP contribution < -0.4 is 16.6 Å². The van der Waals surface area contributed by atoms with Gasteiger partial charge in [0.15, 0.2) is 0 Å². The van der Waals surface area contributed by atoms with E-state index in [1.54, 1.807) is 25.1 Å². The summed E-state index contributed by atoms with van der Waals surface area (Å²) in [5.41, 5.74) is 2.70. The van der Waals surface area contributed by atoms with Crippen molar-refractivity contribution < 1.29 is 9.90 Å². The number of carbonyl (C=O) groups excluding carboxylic acids is 1. The molecule has 5 heteroatoms. The Morgan fingerprint density at radius 1 is 1.57 bits per heavy atom. The van der Waals surface area contributed by atoms with Crippen molar-refractivity contribution in [2.45, 2.75) is 13.0 Å². The number of rotatable bonds is 3. The number of hydrogen-bond donors (Lipinski definition) is 4. The monoisotopic (exact) mass is 195 g/mol. The van der Waals surface area contributed by atoms with Crippen LogP contribution in [0.4, 0.5) is 5.69 Å². The van der Waals surface area contributed by atoms with E-state index in [0.717, 1.165) is 0 Å². The Kier molecular flexibility index (Phi) is 3.30. The largest absolute Gasteiger partial charge is 0.508 e. The Hall–Kier alpha value is -1.75. The summed E-state index contributed by atoms with van der Waals surface area (Å²) in [6.07, 6.45) is 0. The van der Waals surface area contributed by atoms with E-state index in [1.807, 2.05) is 5.43 Å². The maximum Gasteiger partial charge on any atom is 0.256 e. The van der Waals surface area contributed by atoms with Crippen molar-refractivity contribution in [2.75, 3.05) is 5.32 Å². The molecule has 0 fully saturated rings. The molecular formula is C9H13N3O2. The van der Waals surface area contributed by atoms with Crippen molar-refractivity contribution in [3.05, 3.63) is 24.3 Å². The van der Waals surface area contributed by atoms with Crippen LogP contribution in [0, 0.1) is 0 Å². The molecule has 5 nitrogen and oxygen atoms in total. The number of nitrogens with one attached hydrogen (secondary N) is 2. The first-order valence-corrected chi connectivity index (χ1v) is 4.19. The number of carbonyl (C=O) groups is 1. The molecule has 0 aliphatic carbocycles. The molecule has 0 spiro atoms. The maximum atomic E-state index is 11.0. The minimum atomic E-state index is -0.443. The normalized spacial score (nSPS) is 11.9. The fourth-order valence-corrected chi connectivity index (χ4v) is 1.04. The van der Waals surface area contributed by atoms with Gasteiger partial charge < -0.3 is 10.4 Å². The number of phenols is 1. The molecule has 0 aromatic heterocycles. The molecule has 1 rings (SSSR count). The third-order valence-electron chi connectivity index (χ3n) is 1.76. The molecule has 0 heterocycles. The van der Waals surface area contributed by atoms with Crippen molar-refractivity contribution in [3.8, 4) is 5.75 Å². The van der Waals surface area contributed by atoms with Gasteiger partial charge in [-0.15, -0.1) is 0 Å². The molecule has 0 aliphatic heterocycles. The molecule has 1 atom stereocenters. The zero-order chi connectivity index (χ0) is 10.6. The zero-order valence-corrected chi connectivity index (χ0v) is 7.82. The summed E-state index contributed by atoms with van der Waals surface area (Å²) in [6.45, 7) is 1.67. The second-order valence-corrected chi connectivity index (χ2v) is 2.92. The fraction of sp³-hybridized carbons (Fsp3) is 0.222. The summed E-state index contributed by atoms with van der Waals surface area (Å²) in [5, 5.41) is 12.0. The zero-order valence-electron chi connectivity index (χ0n) is 7.82. The van der Waals surface area contributed by atoms with Crippen molar-refractivity contribution in [1.29, 1.82) is 0 Å². The van der Waals surface area contributed by atoms with Crippen molar-refractivity contribution in [1.82, 2.24) is 5.43 Å². The lowest BCUT2D eigenvalue weighted by Gasteiger charge is -2.13. The maximum absolute atomic E-state index is 11.0. The highest BCUT2D eigenvalue weighted by atomic mass is 16.3. The smallest absolute Gasteiger partial charge is 0.256 e. The van der Waals surface area contributed by atoms with Crippen LogP contribution in [-0.4, -0.2) is 17.1 Å². The Morgan fingerprint density at radius 2 is 2.29 bits per heavy atom. The van der Waals surface area contributed by atoms with Crippen LogP contribution in [0.3, 0.4) is 0 Å². The van der Waals surface area contributed by atoms with Crippen molar-refractivity contribution in [3.63, 3.8) is 0 Å². The predicted molar refractivity (Wildman–Crippen MR) is 53.5 cm³/mol. The van der Waals surface area contributed by atoms with Crippen LogP contribution in [0.15, 0.2) is 24.3 Å². The minimum Gasteiger partial charge on any atom is -0.508 e. The van der Waals surface area contributed by atoms with Gasteiger partial charge in [-0.2, -0.15) is 0 Å². The van der Waals surface area contributed by atoms with Crippen molar-refractivity contribution >= 4 is 11.6 Å². The summed E-state index contributed by atoms with van der Waals surface area (Å²) in [6, 6.07) is 6.07. The lowest BCUT2D eigenvalue weighted by molar-refractivity contribution is -0.121. The number of aromatic hydroxyl groups is 1. The van der Waals surface area contributed by atoms with E-state index < -0.39 is 6.04 Å². The summed E-state index contributed by atoms with van der Waals surface area (Å²) in [7, 11) is 0. The minimum absolute atomic E-state index is 0.148. The number of hydrazine groups is 1. The Bertz CT molecular complexity index is 328. The Labute approximate surface area is 81.9 Å². The van der Waals surface area contributed by atoms with E-state index in [0.29, 0.717) is 5.69 Å².